The van der Waals surface area contributed by atoms with Gasteiger partial charge in [-0.1, -0.05) is 18.2 Å². The van der Waals surface area contributed by atoms with Gasteiger partial charge in [-0.25, -0.2) is 0 Å². The van der Waals surface area contributed by atoms with E-state index in [-0.39, 0.29) is 5.91 Å². The van der Waals surface area contributed by atoms with Gasteiger partial charge in [-0.2, -0.15) is 0 Å². The van der Waals surface area contributed by atoms with Crippen LogP contribution in [0.1, 0.15) is 12.5 Å². The zero-order valence-electron chi connectivity index (χ0n) is 9.75. The third kappa shape index (κ3) is 3.90. The highest BCUT2D eigenvalue weighted by Gasteiger charge is 2.02. The Balaban J connectivity index is 2.49. The van der Waals surface area contributed by atoms with Crippen molar-refractivity contribution in [3.8, 4) is 5.75 Å². The highest BCUT2D eigenvalue weighted by molar-refractivity contribution is 5.77. The molecule has 4 nitrogen and oxygen atoms in total. The van der Waals surface area contributed by atoms with Crippen molar-refractivity contribution in [2.24, 2.45) is 0 Å². The predicted molar refractivity (Wildman–Crippen MR) is 63.4 cm³/mol. The second kappa shape index (κ2) is 6.85. The molecular weight excluding hydrogens is 204 g/mol. The number of hydrogen-bond donors (Lipinski definition) is 2. The summed E-state index contributed by atoms with van der Waals surface area (Å²) in [5.41, 5.74) is 1.06. The zero-order chi connectivity index (χ0) is 11.8. The Bertz CT molecular complexity index is 340. The van der Waals surface area contributed by atoms with Gasteiger partial charge in [0.25, 0.3) is 0 Å². The first-order chi connectivity index (χ1) is 7.77. The number of rotatable bonds is 6. The third-order valence-electron chi connectivity index (χ3n) is 2.15. The molecule has 0 heterocycles. The van der Waals surface area contributed by atoms with Crippen molar-refractivity contribution in [1.29, 1.82) is 0 Å². The van der Waals surface area contributed by atoms with Gasteiger partial charge < -0.3 is 15.4 Å². The van der Waals surface area contributed by atoms with Crippen molar-refractivity contribution in [3.05, 3.63) is 29.8 Å². The van der Waals surface area contributed by atoms with Crippen LogP contribution in [0.4, 0.5) is 0 Å². The van der Waals surface area contributed by atoms with E-state index in [4.69, 9.17) is 4.74 Å². The molecule has 0 aliphatic heterocycles. The summed E-state index contributed by atoms with van der Waals surface area (Å²) in [5.74, 6) is 0.850. The second-order valence-corrected chi connectivity index (χ2v) is 3.32. The number of hydrogen-bond acceptors (Lipinski definition) is 3. The van der Waals surface area contributed by atoms with Crippen molar-refractivity contribution in [3.63, 3.8) is 0 Å². The van der Waals surface area contributed by atoms with Gasteiger partial charge in [-0.3, -0.25) is 4.79 Å². The molecule has 0 aromatic heterocycles. The van der Waals surface area contributed by atoms with E-state index in [1.54, 1.807) is 7.05 Å². The van der Waals surface area contributed by atoms with Crippen LogP contribution in [0.15, 0.2) is 24.3 Å². The Morgan fingerprint density at radius 1 is 1.38 bits per heavy atom. The molecule has 0 aliphatic rings. The van der Waals surface area contributed by atoms with Gasteiger partial charge in [0.15, 0.2) is 0 Å². The minimum absolute atomic E-state index is 0.0195. The predicted octanol–water partition coefficient (Wildman–Crippen LogP) is 0.921. The highest BCUT2D eigenvalue weighted by Crippen LogP contribution is 2.17. The van der Waals surface area contributed by atoms with Crippen LogP contribution in [-0.4, -0.2) is 26.1 Å². The lowest BCUT2D eigenvalue weighted by Crippen LogP contribution is -2.31. The van der Waals surface area contributed by atoms with Gasteiger partial charge in [0.1, 0.15) is 5.75 Å². The Morgan fingerprint density at radius 3 is 2.81 bits per heavy atom. The van der Waals surface area contributed by atoms with Crippen LogP contribution in [0.2, 0.25) is 0 Å². The van der Waals surface area contributed by atoms with Crippen molar-refractivity contribution in [2.75, 3.05) is 20.2 Å². The fraction of sp³-hybridized carbons (Fsp3) is 0.417. The first kappa shape index (κ1) is 12.5. The van der Waals surface area contributed by atoms with Crippen molar-refractivity contribution in [1.82, 2.24) is 10.6 Å². The van der Waals surface area contributed by atoms with E-state index in [1.807, 2.05) is 31.2 Å². The summed E-state index contributed by atoms with van der Waals surface area (Å²) < 4.78 is 5.48. The Kier molecular flexibility index (Phi) is 5.36. The Labute approximate surface area is 96.0 Å². The number of benzene rings is 1. The normalized spacial score (nSPS) is 9.88. The van der Waals surface area contributed by atoms with Crippen LogP contribution >= 0.6 is 0 Å². The standard InChI is InChI=1S/C12H18N2O2/c1-3-16-11-7-5-4-6-10(11)8-14-9-12(15)13-2/h4-7,14H,3,8-9H2,1-2H3,(H,13,15). The topological polar surface area (TPSA) is 50.4 Å². The molecule has 0 spiro atoms. The first-order valence-electron chi connectivity index (χ1n) is 5.40. The quantitative estimate of drug-likeness (QED) is 0.752. The Hall–Kier alpha value is -1.55. The molecule has 1 aromatic carbocycles. The summed E-state index contributed by atoms with van der Waals surface area (Å²) in [6, 6.07) is 7.81. The van der Waals surface area contributed by atoms with Crippen LogP contribution in [-0.2, 0) is 11.3 Å². The van der Waals surface area contributed by atoms with Crippen LogP contribution in [0.3, 0.4) is 0 Å². The SMILES string of the molecule is CCOc1ccccc1CNCC(=O)NC. The number of amides is 1. The number of nitrogens with one attached hydrogen (secondary N) is 2. The molecule has 0 unspecified atom stereocenters. The van der Waals surface area contributed by atoms with E-state index >= 15 is 0 Å². The molecule has 0 saturated heterocycles. The maximum atomic E-state index is 11.0. The summed E-state index contributed by atoms with van der Waals surface area (Å²) in [4.78, 5) is 11.0. The van der Waals surface area contributed by atoms with Crippen LogP contribution in [0.5, 0.6) is 5.75 Å². The van der Waals surface area contributed by atoms with Crippen LogP contribution in [0, 0.1) is 0 Å². The molecular formula is C12H18N2O2. The maximum Gasteiger partial charge on any atom is 0.233 e. The van der Waals surface area contributed by atoms with Crippen molar-refractivity contribution >= 4 is 5.91 Å². The van der Waals surface area contributed by atoms with Crippen LogP contribution in [0.25, 0.3) is 0 Å². The number of ether oxygens (including phenoxy) is 1. The monoisotopic (exact) mass is 222 g/mol. The highest BCUT2D eigenvalue weighted by atomic mass is 16.5. The fourth-order valence-corrected chi connectivity index (χ4v) is 1.35. The molecule has 1 rings (SSSR count). The van der Waals surface area contributed by atoms with E-state index in [0.29, 0.717) is 19.7 Å². The molecule has 0 fully saturated rings. The molecule has 0 radical (unpaired) electrons. The molecule has 1 amide bonds. The minimum Gasteiger partial charge on any atom is -0.494 e. The summed E-state index contributed by atoms with van der Waals surface area (Å²) in [6.45, 7) is 3.54. The largest absolute Gasteiger partial charge is 0.494 e. The van der Waals surface area contributed by atoms with E-state index in [2.05, 4.69) is 10.6 Å². The van der Waals surface area contributed by atoms with Crippen LogP contribution < -0.4 is 15.4 Å². The number of para-hydroxylation sites is 1. The van der Waals surface area contributed by atoms with Gasteiger partial charge in [-0.15, -0.1) is 0 Å². The van der Waals surface area contributed by atoms with Crippen molar-refractivity contribution < 1.29 is 9.53 Å². The number of likely N-dealkylation sites (N-methyl/N-ethyl adjacent to an activating group) is 1. The molecule has 88 valence electrons. The lowest BCUT2D eigenvalue weighted by molar-refractivity contribution is -0.119. The average molecular weight is 222 g/mol. The molecule has 0 saturated carbocycles. The first-order valence-corrected chi connectivity index (χ1v) is 5.40. The number of carbonyl (C=O) groups is 1. The van der Waals surface area contributed by atoms with Gasteiger partial charge in [0, 0.05) is 19.2 Å². The second-order valence-electron chi connectivity index (χ2n) is 3.32. The lowest BCUT2D eigenvalue weighted by Gasteiger charge is -2.10. The summed E-state index contributed by atoms with van der Waals surface area (Å²) in [5, 5.41) is 5.62. The van der Waals surface area contributed by atoms with E-state index in [9.17, 15) is 4.79 Å². The fourth-order valence-electron chi connectivity index (χ4n) is 1.35. The molecule has 4 heteroatoms. The van der Waals surface area contributed by atoms with E-state index in [0.717, 1.165) is 11.3 Å². The van der Waals surface area contributed by atoms with E-state index in [1.165, 1.54) is 0 Å². The van der Waals surface area contributed by atoms with Gasteiger partial charge in [0.05, 0.1) is 13.2 Å². The molecule has 1 aromatic rings. The molecule has 0 atom stereocenters. The summed E-state index contributed by atoms with van der Waals surface area (Å²) >= 11 is 0. The molecule has 2 N–H and O–H groups in total. The molecule has 16 heavy (non-hydrogen) atoms. The third-order valence-corrected chi connectivity index (χ3v) is 2.15. The van der Waals surface area contributed by atoms with Gasteiger partial charge in [-0.05, 0) is 13.0 Å². The maximum absolute atomic E-state index is 11.0. The molecule has 0 bridgehead atoms. The number of carbonyl (C=O) groups excluding carboxylic acids is 1. The smallest absolute Gasteiger partial charge is 0.233 e. The van der Waals surface area contributed by atoms with Gasteiger partial charge in [0.2, 0.25) is 5.91 Å². The average Bonchev–Trinajstić information content (AvgIpc) is 2.31. The summed E-state index contributed by atoms with van der Waals surface area (Å²) in [6.07, 6.45) is 0. The Morgan fingerprint density at radius 2 is 2.12 bits per heavy atom. The van der Waals surface area contributed by atoms with Crippen molar-refractivity contribution in [2.45, 2.75) is 13.5 Å². The minimum atomic E-state index is -0.0195. The van der Waals surface area contributed by atoms with Gasteiger partial charge >= 0.3 is 0 Å². The lowest BCUT2D eigenvalue weighted by atomic mass is 10.2. The van der Waals surface area contributed by atoms with E-state index < -0.39 is 0 Å². The summed E-state index contributed by atoms with van der Waals surface area (Å²) in [7, 11) is 1.62. The molecule has 0 aliphatic carbocycles. The zero-order valence-corrected chi connectivity index (χ0v) is 9.75.